The fourth-order valence-corrected chi connectivity index (χ4v) is 4.22. The number of piperidine rings is 1. The number of hydrogen-bond donors (Lipinski definition) is 0. The Bertz CT molecular complexity index is 785. The second-order valence-electron chi connectivity index (χ2n) is 6.95. The molecule has 0 aliphatic carbocycles. The van der Waals surface area contributed by atoms with Crippen LogP contribution in [0.1, 0.15) is 30.6 Å². The van der Waals surface area contributed by atoms with Gasteiger partial charge >= 0.3 is 5.97 Å². The van der Waals surface area contributed by atoms with Crippen LogP contribution in [0.15, 0.2) is 29.2 Å². The normalized spacial score (nSPS) is 20.6. The summed E-state index contributed by atoms with van der Waals surface area (Å²) < 4.78 is 30.3. The van der Waals surface area contributed by atoms with Crippen LogP contribution in [-0.4, -0.2) is 63.5 Å². The van der Waals surface area contributed by atoms with Gasteiger partial charge in [-0.25, -0.2) is 13.2 Å². The first-order chi connectivity index (χ1) is 12.6. The van der Waals surface area contributed by atoms with Crippen LogP contribution in [0.25, 0.3) is 0 Å². The zero-order valence-corrected chi connectivity index (χ0v) is 16.9. The molecule has 1 saturated heterocycles. The smallest absolute Gasteiger partial charge is 0.338 e. The van der Waals surface area contributed by atoms with Gasteiger partial charge in [-0.3, -0.25) is 9.63 Å². The van der Waals surface area contributed by atoms with Crippen molar-refractivity contribution in [3.8, 4) is 0 Å². The van der Waals surface area contributed by atoms with Crippen molar-refractivity contribution >= 4 is 21.9 Å². The first-order valence-corrected chi connectivity index (χ1v) is 10.2. The minimum atomic E-state index is -3.88. The van der Waals surface area contributed by atoms with Gasteiger partial charge in [0.05, 0.1) is 17.6 Å². The van der Waals surface area contributed by atoms with E-state index in [1.165, 1.54) is 38.4 Å². The van der Waals surface area contributed by atoms with Crippen molar-refractivity contribution in [1.82, 2.24) is 9.37 Å². The SMILES string of the molecule is CON(C)S(=O)(=O)c1cccc(C(=O)OCC(=O)N2CC(C)CC(C)C2)c1. The lowest BCUT2D eigenvalue weighted by atomic mass is 9.92. The van der Waals surface area contributed by atoms with E-state index in [2.05, 4.69) is 13.8 Å². The highest BCUT2D eigenvalue weighted by atomic mass is 32.2. The third kappa shape index (κ3) is 5.27. The second kappa shape index (κ2) is 8.81. The van der Waals surface area contributed by atoms with Gasteiger partial charge < -0.3 is 9.64 Å². The Hall–Kier alpha value is -1.97. The van der Waals surface area contributed by atoms with Gasteiger partial charge in [-0.1, -0.05) is 24.4 Å². The number of rotatable bonds is 6. The van der Waals surface area contributed by atoms with Crippen LogP contribution in [0.5, 0.6) is 0 Å². The Labute approximate surface area is 160 Å². The summed E-state index contributed by atoms with van der Waals surface area (Å²) in [5.41, 5.74) is 0.0498. The number of amides is 1. The molecule has 0 bridgehead atoms. The van der Waals surface area contributed by atoms with Crippen molar-refractivity contribution in [1.29, 1.82) is 0 Å². The molecule has 0 N–H and O–H groups in total. The molecule has 9 heteroatoms. The van der Waals surface area contributed by atoms with Crippen LogP contribution in [0.2, 0.25) is 0 Å². The van der Waals surface area contributed by atoms with Crippen molar-refractivity contribution < 1.29 is 27.6 Å². The fourth-order valence-electron chi connectivity index (χ4n) is 3.20. The summed E-state index contributed by atoms with van der Waals surface area (Å²) in [6.45, 7) is 5.11. The molecule has 2 rings (SSSR count). The molecule has 2 unspecified atom stereocenters. The maximum Gasteiger partial charge on any atom is 0.338 e. The zero-order chi connectivity index (χ0) is 20.2. The Balaban J connectivity index is 2.02. The molecular weight excluding hydrogens is 372 g/mol. The van der Waals surface area contributed by atoms with Crippen LogP contribution in [0.3, 0.4) is 0 Å². The lowest BCUT2D eigenvalue weighted by Gasteiger charge is -2.34. The summed E-state index contributed by atoms with van der Waals surface area (Å²) in [6, 6.07) is 5.42. The summed E-state index contributed by atoms with van der Waals surface area (Å²) in [6.07, 6.45) is 1.07. The van der Waals surface area contributed by atoms with Crippen LogP contribution < -0.4 is 0 Å². The van der Waals surface area contributed by atoms with Crippen molar-refractivity contribution in [2.75, 3.05) is 33.9 Å². The van der Waals surface area contributed by atoms with Crippen LogP contribution >= 0.6 is 0 Å². The summed E-state index contributed by atoms with van der Waals surface area (Å²) in [7, 11) is -1.40. The first kappa shape index (κ1) is 21.3. The van der Waals surface area contributed by atoms with Gasteiger partial charge in [0.15, 0.2) is 6.61 Å². The van der Waals surface area contributed by atoms with E-state index >= 15 is 0 Å². The molecule has 2 atom stereocenters. The molecule has 27 heavy (non-hydrogen) atoms. The molecule has 0 spiro atoms. The number of likely N-dealkylation sites (tertiary alicyclic amines) is 1. The molecule has 1 aliphatic heterocycles. The van der Waals surface area contributed by atoms with E-state index in [1.807, 2.05) is 0 Å². The predicted molar refractivity (Wildman–Crippen MR) is 98.2 cm³/mol. The van der Waals surface area contributed by atoms with Crippen LogP contribution in [-0.2, 0) is 24.4 Å². The minimum absolute atomic E-state index is 0.0498. The minimum Gasteiger partial charge on any atom is -0.452 e. The van der Waals surface area contributed by atoms with Crippen molar-refractivity contribution in [2.24, 2.45) is 11.8 Å². The van der Waals surface area contributed by atoms with Crippen LogP contribution in [0, 0.1) is 11.8 Å². The van der Waals surface area contributed by atoms with Gasteiger partial charge in [0, 0.05) is 20.1 Å². The number of carbonyl (C=O) groups excluding carboxylic acids is 2. The number of carbonyl (C=O) groups is 2. The summed E-state index contributed by atoms with van der Waals surface area (Å²) >= 11 is 0. The largest absolute Gasteiger partial charge is 0.452 e. The fraction of sp³-hybridized carbons (Fsp3) is 0.556. The third-order valence-corrected chi connectivity index (χ3v) is 6.19. The third-order valence-electron chi connectivity index (χ3n) is 4.51. The highest BCUT2D eigenvalue weighted by Gasteiger charge is 2.26. The van der Waals surface area contributed by atoms with Crippen molar-refractivity contribution in [3.05, 3.63) is 29.8 Å². The maximum absolute atomic E-state index is 12.3. The van der Waals surface area contributed by atoms with E-state index in [-0.39, 0.29) is 23.0 Å². The van der Waals surface area contributed by atoms with E-state index in [4.69, 9.17) is 9.57 Å². The lowest BCUT2D eigenvalue weighted by Crippen LogP contribution is -2.44. The Kier molecular flexibility index (Phi) is 6.96. The van der Waals surface area contributed by atoms with E-state index in [9.17, 15) is 18.0 Å². The summed E-state index contributed by atoms with van der Waals surface area (Å²) in [4.78, 5) is 30.9. The molecule has 0 radical (unpaired) electrons. The first-order valence-electron chi connectivity index (χ1n) is 8.73. The standard InChI is InChI=1S/C18H26N2O6S/c1-13-8-14(2)11-20(10-13)17(21)12-26-18(22)15-6-5-7-16(9-15)27(23,24)19(3)25-4/h5-7,9,13-14H,8,10-12H2,1-4H3. The topological polar surface area (TPSA) is 93.2 Å². The predicted octanol–water partition coefficient (Wildman–Crippen LogP) is 1.53. The average molecular weight is 398 g/mol. The number of hydroxylamine groups is 1. The Morgan fingerprint density at radius 2 is 1.85 bits per heavy atom. The molecule has 1 amide bonds. The molecule has 0 saturated carbocycles. The lowest BCUT2D eigenvalue weighted by molar-refractivity contribution is -0.137. The van der Waals surface area contributed by atoms with Gasteiger partial charge in [-0.15, -0.1) is 0 Å². The average Bonchev–Trinajstić information content (AvgIpc) is 2.64. The van der Waals surface area contributed by atoms with Gasteiger partial charge in [0.1, 0.15) is 0 Å². The second-order valence-corrected chi connectivity index (χ2v) is 8.88. The van der Waals surface area contributed by atoms with E-state index in [0.717, 1.165) is 6.42 Å². The van der Waals surface area contributed by atoms with Gasteiger partial charge in [0.2, 0.25) is 0 Å². The maximum atomic E-state index is 12.3. The van der Waals surface area contributed by atoms with Gasteiger partial charge in [0.25, 0.3) is 15.9 Å². The number of nitrogens with zero attached hydrogens (tertiary/aromatic N) is 2. The van der Waals surface area contributed by atoms with Crippen molar-refractivity contribution in [3.63, 3.8) is 0 Å². The number of benzene rings is 1. The molecular formula is C18H26N2O6S. The Morgan fingerprint density at radius 3 is 2.44 bits per heavy atom. The number of hydrogen-bond acceptors (Lipinski definition) is 6. The summed E-state index contributed by atoms with van der Waals surface area (Å²) in [5.74, 6) is -0.177. The molecule has 1 fully saturated rings. The van der Waals surface area contributed by atoms with Gasteiger partial charge in [-0.2, -0.15) is 0 Å². The van der Waals surface area contributed by atoms with E-state index in [0.29, 0.717) is 29.4 Å². The molecule has 1 aliphatic rings. The summed E-state index contributed by atoms with van der Waals surface area (Å²) in [5, 5.41) is 0. The molecule has 150 valence electrons. The highest BCUT2D eigenvalue weighted by Crippen LogP contribution is 2.21. The molecule has 0 aromatic heterocycles. The number of esters is 1. The molecule has 1 aromatic rings. The van der Waals surface area contributed by atoms with Gasteiger partial charge in [-0.05, 0) is 36.5 Å². The van der Waals surface area contributed by atoms with E-state index < -0.39 is 16.0 Å². The Morgan fingerprint density at radius 1 is 1.22 bits per heavy atom. The quantitative estimate of drug-likeness (QED) is 0.533. The number of ether oxygens (including phenoxy) is 1. The van der Waals surface area contributed by atoms with E-state index in [1.54, 1.807) is 4.90 Å². The molecule has 1 heterocycles. The van der Waals surface area contributed by atoms with Crippen LogP contribution in [0.4, 0.5) is 0 Å². The molecule has 8 nitrogen and oxygen atoms in total. The van der Waals surface area contributed by atoms with Crippen molar-refractivity contribution in [2.45, 2.75) is 25.2 Å². The highest BCUT2D eigenvalue weighted by molar-refractivity contribution is 7.89. The monoisotopic (exact) mass is 398 g/mol. The zero-order valence-electron chi connectivity index (χ0n) is 16.0. The molecule has 1 aromatic carbocycles. The number of sulfonamides is 1.